The first-order chi connectivity index (χ1) is 11.9. The molecule has 0 saturated carbocycles. The van der Waals surface area contributed by atoms with Crippen molar-refractivity contribution in [3.8, 4) is 22.8 Å². The molecular formula is C20H24N4O. The molecule has 0 N–H and O–H groups in total. The highest BCUT2D eigenvalue weighted by atomic mass is 16.5. The summed E-state index contributed by atoms with van der Waals surface area (Å²) in [6.45, 7) is 10.4. The minimum absolute atomic E-state index is 0.532. The number of nitrogens with zero attached hydrogens (tertiary/aromatic N) is 4. The van der Waals surface area contributed by atoms with Crippen LogP contribution in [0.5, 0.6) is 0 Å². The minimum atomic E-state index is 0.532. The molecule has 0 aliphatic carbocycles. The molecule has 5 heteroatoms. The normalized spacial score (nSPS) is 11.3. The van der Waals surface area contributed by atoms with Gasteiger partial charge in [-0.3, -0.25) is 9.97 Å². The maximum absolute atomic E-state index is 5.54. The van der Waals surface area contributed by atoms with Crippen molar-refractivity contribution in [2.24, 2.45) is 5.92 Å². The molecule has 0 aliphatic rings. The van der Waals surface area contributed by atoms with Crippen LogP contribution in [-0.2, 0) is 12.8 Å². The Hall–Kier alpha value is -2.56. The van der Waals surface area contributed by atoms with E-state index in [1.54, 1.807) is 0 Å². The van der Waals surface area contributed by atoms with Gasteiger partial charge in [0.25, 0.3) is 5.89 Å². The van der Waals surface area contributed by atoms with Crippen molar-refractivity contribution in [2.45, 2.75) is 47.5 Å². The number of pyridine rings is 2. The van der Waals surface area contributed by atoms with Gasteiger partial charge in [-0.15, -0.1) is 0 Å². The number of rotatable bonds is 5. The Morgan fingerprint density at radius 1 is 0.880 bits per heavy atom. The second-order valence-electron chi connectivity index (χ2n) is 6.85. The maximum Gasteiger partial charge on any atom is 0.258 e. The van der Waals surface area contributed by atoms with Crippen molar-refractivity contribution >= 4 is 0 Å². The molecule has 3 aromatic heterocycles. The van der Waals surface area contributed by atoms with Crippen LogP contribution in [0.1, 0.15) is 43.5 Å². The molecule has 0 bridgehead atoms. The summed E-state index contributed by atoms with van der Waals surface area (Å²) >= 11 is 0. The summed E-state index contributed by atoms with van der Waals surface area (Å²) in [5.41, 5.74) is 5.86. The number of hydrogen-bond acceptors (Lipinski definition) is 5. The van der Waals surface area contributed by atoms with Crippen LogP contribution in [-0.4, -0.2) is 20.1 Å². The van der Waals surface area contributed by atoms with Gasteiger partial charge in [0, 0.05) is 33.9 Å². The largest absolute Gasteiger partial charge is 0.334 e. The summed E-state index contributed by atoms with van der Waals surface area (Å²) in [6, 6.07) is 8.02. The Kier molecular flexibility index (Phi) is 4.93. The van der Waals surface area contributed by atoms with Crippen molar-refractivity contribution in [3.05, 3.63) is 47.0 Å². The molecule has 3 heterocycles. The van der Waals surface area contributed by atoms with Crippen molar-refractivity contribution in [2.75, 3.05) is 0 Å². The van der Waals surface area contributed by atoms with E-state index in [4.69, 9.17) is 9.51 Å². The minimum Gasteiger partial charge on any atom is -0.334 e. The lowest BCUT2D eigenvalue weighted by molar-refractivity contribution is 0.432. The molecule has 0 radical (unpaired) electrons. The van der Waals surface area contributed by atoms with E-state index in [0.717, 1.165) is 46.7 Å². The summed E-state index contributed by atoms with van der Waals surface area (Å²) in [5, 5.41) is 4.16. The molecule has 25 heavy (non-hydrogen) atoms. The highest BCUT2D eigenvalue weighted by molar-refractivity contribution is 5.60. The number of hydrogen-bond donors (Lipinski definition) is 0. The van der Waals surface area contributed by atoms with Gasteiger partial charge in [-0.05, 0) is 56.9 Å². The fraction of sp³-hybridized carbons (Fsp3) is 0.400. The van der Waals surface area contributed by atoms with Crippen LogP contribution in [0.3, 0.4) is 0 Å². The van der Waals surface area contributed by atoms with E-state index in [-0.39, 0.29) is 0 Å². The quantitative estimate of drug-likeness (QED) is 0.683. The van der Waals surface area contributed by atoms with Gasteiger partial charge in [-0.1, -0.05) is 25.9 Å². The third-order valence-electron chi connectivity index (χ3n) is 3.92. The van der Waals surface area contributed by atoms with Gasteiger partial charge in [0.05, 0.1) is 0 Å². The zero-order valence-corrected chi connectivity index (χ0v) is 15.5. The van der Waals surface area contributed by atoms with E-state index in [2.05, 4.69) is 42.0 Å². The highest BCUT2D eigenvalue weighted by Crippen LogP contribution is 2.25. The van der Waals surface area contributed by atoms with Crippen LogP contribution in [0.15, 0.2) is 28.8 Å². The van der Waals surface area contributed by atoms with Gasteiger partial charge in [0.1, 0.15) is 0 Å². The van der Waals surface area contributed by atoms with E-state index in [1.807, 2.05) is 32.0 Å². The zero-order valence-electron chi connectivity index (χ0n) is 15.5. The molecule has 0 spiro atoms. The molecular weight excluding hydrogens is 312 g/mol. The van der Waals surface area contributed by atoms with Gasteiger partial charge in [-0.2, -0.15) is 4.98 Å². The van der Waals surface area contributed by atoms with E-state index in [1.165, 1.54) is 0 Å². The van der Waals surface area contributed by atoms with Crippen LogP contribution in [0, 0.1) is 19.8 Å². The first-order valence-electron chi connectivity index (χ1n) is 8.74. The number of aryl methyl sites for hydroxylation is 3. The van der Waals surface area contributed by atoms with Crippen molar-refractivity contribution in [1.29, 1.82) is 0 Å². The Labute approximate surface area is 148 Å². The summed E-state index contributed by atoms with van der Waals surface area (Å²) < 4.78 is 5.54. The first-order valence-corrected chi connectivity index (χ1v) is 8.74. The topological polar surface area (TPSA) is 64.7 Å². The first kappa shape index (κ1) is 17.3. The van der Waals surface area contributed by atoms with Gasteiger partial charge in [0.15, 0.2) is 0 Å². The van der Waals surface area contributed by atoms with Crippen LogP contribution in [0.2, 0.25) is 0 Å². The zero-order chi connectivity index (χ0) is 18.0. The smallest absolute Gasteiger partial charge is 0.258 e. The van der Waals surface area contributed by atoms with Gasteiger partial charge in [0.2, 0.25) is 5.82 Å². The third-order valence-corrected chi connectivity index (χ3v) is 3.92. The molecule has 5 nitrogen and oxygen atoms in total. The lowest BCUT2D eigenvalue weighted by Gasteiger charge is -2.07. The molecule has 0 unspecified atom stereocenters. The summed E-state index contributed by atoms with van der Waals surface area (Å²) in [7, 11) is 0. The molecule has 0 saturated heterocycles. The van der Waals surface area contributed by atoms with Crippen molar-refractivity contribution in [1.82, 2.24) is 20.1 Å². The van der Waals surface area contributed by atoms with Crippen LogP contribution < -0.4 is 0 Å². The van der Waals surface area contributed by atoms with Crippen LogP contribution in [0.25, 0.3) is 22.8 Å². The third kappa shape index (κ3) is 4.10. The summed E-state index contributed by atoms with van der Waals surface area (Å²) in [6.07, 6.45) is 1.81. The van der Waals surface area contributed by atoms with E-state index in [9.17, 15) is 0 Å². The number of aromatic nitrogens is 4. The molecule has 0 atom stereocenters. The Bertz CT molecular complexity index is 863. The Balaban J connectivity index is 1.99. The second kappa shape index (κ2) is 7.13. The molecule has 130 valence electrons. The van der Waals surface area contributed by atoms with Gasteiger partial charge >= 0.3 is 0 Å². The molecule has 0 aliphatic heterocycles. The van der Waals surface area contributed by atoms with Crippen LogP contribution in [0.4, 0.5) is 0 Å². The lowest BCUT2D eigenvalue weighted by atomic mass is 10.0. The summed E-state index contributed by atoms with van der Waals surface area (Å²) in [4.78, 5) is 13.7. The monoisotopic (exact) mass is 336 g/mol. The fourth-order valence-corrected chi connectivity index (χ4v) is 2.90. The van der Waals surface area contributed by atoms with Crippen molar-refractivity contribution < 1.29 is 4.52 Å². The van der Waals surface area contributed by atoms with E-state index < -0.39 is 0 Å². The Morgan fingerprint density at radius 2 is 1.56 bits per heavy atom. The standard InChI is InChI=1S/C20H24N4O/c1-6-17-10-16(11-18(22-17)7-12(2)3)20-23-19(24-25-20)15-8-13(4)21-14(5)9-15/h8-12H,6-7H2,1-5H3. The predicted molar refractivity (Wildman–Crippen MR) is 98.2 cm³/mol. The molecule has 3 aromatic rings. The predicted octanol–water partition coefficient (Wildman–Crippen LogP) is 4.57. The summed E-state index contributed by atoms with van der Waals surface area (Å²) in [5.74, 6) is 1.67. The molecule has 0 amide bonds. The highest BCUT2D eigenvalue weighted by Gasteiger charge is 2.14. The molecule has 0 aromatic carbocycles. The average Bonchev–Trinajstić information content (AvgIpc) is 3.03. The van der Waals surface area contributed by atoms with Gasteiger partial charge in [-0.25, -0.2) is 0 Å². The van der Waals surface area contributed by atoms with Crippen molar-refractivity contribution in [3.63, 3.8) is 0 Å². The molecule has 3 rings (SSSR count). The Morgan fingerprint density at radius 3 is 2.20 bits per heavy atom. The molecule has 0 fully saturated rings. The van der Waals surface area contributed by atoms with E-state index >= 15 is 0 Å². The maximum atomic E-state index is 5.54. The second-order valence-corrected chi connectivity index (χ2v) is 6.85. The van der Waals surface area contributed by atoms with Crippen LogP contribution >= 0.6 is 0 Å². The lowest BCUT2D eigenvalue weighted by Crippen LogP contribution is -2.01. The fourth-order valence-electron chi connectivity index (χ4n) is 2.90. The SMILES string of the molecule is CCc1cc(-c2nc(-c3cc(C)nc(C)c3)no2)cc(CC(C)C)n1. The van der Waals surface area contributed by atoms with E-state index in [0.29, 0.717) is 17.6 Å². The van der Waals surface area contributed by atoms with Gasteiger partial charge < -0.3 is 4.52 Å². The average molecular weight is 336 g/mol.